The quantitative estimate of drug-likeness (QED) is 0.569. The van der Waals surface area contributed by atoms with E-state index in [-0.39, 0.29) is 11.5 Å². The molecular weight excluding hydrogens is 138 g/mol. The summed E-state index contributed by atoms with van der Waals surface area (Å²) in [7, 11) is 2.01. The Morgan fingerprint density at radius 2 is 2.00 bits per heavy atom. The number of likely N-dealkylation sites (tertiary alicyclic amines) is 1. The van der Waals surface area contributed by atoms with Gasteiger partial charge in [-0.05, 0) is 13.5 Å². The number of hydrogen-bond acceptors (Lipinski definition) is 2. The van der Waals surface area contributed by atoms with Crippen molar-refractivity contribution >= 4 is 5.78 Å². The van der Waals surface area contributed by atoms with Crippen molar-refractivity contribution in [1.82, 2.24) is 4.90 Å². The van der Waals surface area contributed by atoms with Gasteiger partial charge < -0.3 is 0 Å². The predicted octanol–water partition coefficient (Wildman–Crippen LogP) is 1.31. The minimum atomic E-state index is -0.167. The molecule has 1 aliphatic rings. The minimum absolute atomic E-state index is 0.167. The van der Waals surface area contributed by atoms with Crippen LogP contribution in [0.2, 0.25) is 0 Å². The lowest BCUT2D eigenvalue weighted by Crippen LogP contribution is -2.53. The highest BCUT2D eigenvalue weighted by atomic mass is 16.1. The second-order valence-electron chi connectivity index (χ2n) is 4.40. The molecule has 0 N–H and O–H groups in total. The number of carbonyl (C=O) groups is 1. The average molecular weight is 155 g/mol. The highest BCUT2D eigenvalue weighted by Gasteiger charge is 2.36. The van der Waals surface area contributed by atoms with Crippen LogP contribution in [-0.4, -0.2) is 30.3 Å². The third-order valence-electron chi connectivity index (χ3n) is 2.33. The summed E-state index contributed by atoms with van der Waals surface area (Å²) in [6.45, 7) is 7.04. The van der Waals surface area contributed by atoms with Crippen LogP contribution in [-0.2, 0) is 4.79 Å². The molecule has 1 fully saturated rings. The maximum Gasteiger partial charge on any atom is 0.155 e. The van der Waals surface area contributed by atoms with Crippen LogP contribution >= 0.6 is 0 Å². The Hall–Kier alpha value is -0.370. The lowest BCUT2D eigenvalue weighted by atomic mass is 9.82. The third-order valence-corrected chi connectivity index (χ3v) is 2.33. The van der Waals surface area contributed by atoms with Crippen molar-refractivity contribution in [1.29, 1.82) is 0 Å². The number of ketones is 1. The molecule has 0 aromatic rings. The van der Waals surface area contributed by atoms with Gasteiger partial charge in [0, 0.05) is 12.0 Å². The molecule has 11 heavy (non-hydrogen) atoms. The number of carbonyl (C=O) groups excluding carboxylic acids is 1. The van der Waals surface area contributed by atoms with Crippen molar-refractivity contribution in [2.45, 2.75) is 33.2 Å². The van der Waals surface area contributed by atoms with E-state index in [9.17, 15) is 4.79 Å². The summed E-state index contributed by atoms with van der Waals surface area (Å²) in [5.74, 6) is 0.381. The fourth-order valence-electron chi connectivity index (χ4n) is 1.35. The molecule has 2 nitrogen and oxygen atoms in total. The summed E-state index contributed by atoms with van der Waals surface area (Å²) in [6, 6.07) is 0.204. The number of nitrogens with zero attached hydrogens (tertiary/aromatic N) is 1. The molecule has 0 amide bonds. The van der Waals surface area contributed by atoms with E-state index in [4.69, 9.17) is 0 Å². The molecule has 0 bridgehead atoms. The molecule has 0 radical (unpaired) electrons. The summed E-state index contributed by atoms with van der Waals surface area (Å²) < 4.78 is 0. The van der Waals surface area contributed by atoms with E-state index in [2.05, 4.69) is 4.90 Å². The lowest BCUT2D eigenvalue weighted by molar-refractivity contribution is -0.135. The zero-order chi connectivity index (χ0) is 8.65. The van der Waals surface area contributed by atoms with Crippen molar-refractivity contribution in [2.75, 3.05) is 13.6 Å². The van der Waals surface area contributed by atoms with Crippen LogP contribution in [0.4, 0.5) is 0 Å². The van der Waals surface area contributed by atoms with Crippen LogP contribution in [0.15, 0.2) is 0 Å². The Labute approximate surface area is 68.6 Å². The number of rotatable bonds is 1. The van der Waals surface area contributed by atoms with Crippen molar-refractivity contribution in [3.63, 3.8) is 0 Å². The molecule has 1 atom stereocenters. The molecule has 0 spiro atoms. The van der Waals surface area contributed by atoms with Gasteiger partial charge in [0.25, 0.3) is 0 Å². The second-order valence-corrected chi connectivity index (χ2v) is 4.40. The summed E-state index contributed by atoms with van der Waals surface area (Å²) in [5, 5.41) is 0. The SMILES string of the molecule is CN1CCC1C(=O)C(C)(C)C. The summed E-state index contributed by atoms with van der Waals surface area (Å²) >= 11 is 0. The summed E-state index contributed by atoms with van der Waals surface area (Å²) in [4.78, 5) is 13.7. The van der Waals surface area contributed by atoms with Gasteiger partial charge in [-0.2, -0.15) is 0 Å². The maximum atomic E-state index is 11.6. The van der Waals surface area contributed by atoms with Crippen molar-refractivity contribution in [3.8, 4) is 0 Å². The molecule has 0 saturated carbocycles. The molecule has 1 aliphatic heterocycles. The topological polar surface area (TPSA) is 20.3 Å². The monoisotopic (exact) mass is 155 g/mol. The van der Waals surface area contributed by atoms with Gasteiger partial charge >= 0.3 is 0 Å². The van der Waals surface area contributed by atoms with E-state index in [1.54, 1.807) is 0 Å². The minimum Gasteiger partial charge on any atom is -0.297 e. The first-order chi connectivity index (χ1) is 4.93. The van der Waals surface area contributed by atoms with Crippen LogP contribution in [0.25, 0.3) is 0 Å². The molecule has 1 unspecified atom stereocenters. The molecular formula is C9H17NO. The Bertz CT molecular complexity index is 169. The van der Waals surface area contributed by atoms with E-state index in [0.717, 1.165) is 13.0 Å². The van der Waals surface area contributed by atoms with Gasteiger partial charge in [-0.15, -0.1) is 0 Å². The van der Waals surface area contributed by atoms with Gasteiger partial charge in [-0.1, -0.05) is 20.8 Å². The standard InChI is InChI=1S/C9H17NO/c1-9(2,3)8(11)7-5-6-10(7)4/h7H,5-6H2,1-4H3. The predicted molar refractivity (Wildman–Crippen MR) is 45.5 cm³/mol. The molecule has 0 aliphatic carbocycles. The fraction of sp³-hybridized carbons (Fsp3) is 0.889. The molecule has 0 aromatic carbocycles. The Morgan fingerprint density at radius 3 is 2.09 bits per heavy atom. The molecule has 1 rings (SSSR count). The number of hydrogen-bond donors (Lipinski definition) is 0. The Kier molecular flexibility index (Phi) is 2.06. The zero-order valence-corrected chi connectivity index (χ0v) is 7.85. The van der Waals surface area contributed by atoms with E-state index >= 15 is 0 Å². The van der Waals surface area contributed by atoms with Crippen LogP contribution in [0.3, 0.4) is 0 Å². The first-order valence-corrected chi connectivity index (χ1v) is 4.17. The molecule has 64 valence electrons. The Balaban J connectivity index is 2.55. The summed E-state index contributed by atoms with van der Waals surface area (Å²) in [5.41, 5.74) is -0.167. The number of Topliss-reactive ketones (excluding diaryl/α,β-unsaturated/α-hetero) is 1. The van der Waals surface area contributed by atoms with Gasteiger partial charge in [0.1, 0.15) is 0 Å². The highest BCUT2D eigenvalue weighted by Crippen LogP contribution is 2.25. The van der Waals surface area contributed by atoms with Crippen LogP contribution < -0.4 is 0 Å². The van der Waals surface area contributed by atoms with Crippen molar-refractivity contribution < 1.29 is 4.79 Å². The smallest absolute Gasteiger partial charge is 0.155 e. The molecule has 1 heterocycles. The van der Waals surface area contributed by atoms with Gasteiger partial charge in [0.15, 0.2) is 5.78 Å². The van der Waals surface area contributed by atoms with Crippen molar-refractivity contribution in [3.05, 3.63) is 0 Å². The molecule has 1 saturated heterocycles. The van der Waals surface area contributed by atoms with Crippen molar-refractivity contribution in [2.24, 2.45) is 5.41 Å². The molecule has 0 aromatic heterocycles. The fourth-order valence-corrected chi connectivity index (χ4v) is 1.35. The zero-order valence-electron chi connectivity index (χ0n) is 7.85. The van der Waals surface area contributed by atoms with Crippen LogP contribution in [0, 0.1) is 5.41 Å². The summed E-state index contributed by atoms with van der Waals surface area (Å²) in [6.07, 6.45) is 1.05. The van der Waals surface area contributed by atoms with Gasteiger partial charge in [0.05, 0.1) is 6.04 Å². The van der Waals surface area contributed by atoms with E-state index in [1.165, 1.54) is 0 Å². The first-order valence-electron chi connectivity index (χ1n) is 4.17. The largest absolute Gasteiger partial charge is 0.297 e. The van der Waals surface area contributed by atoms with Crippen LogP contribution in [0.1, 0.15) is 27.2 Å². The van der Waals surface area contributed by atoms with E-state index in [1.807, 2.05) is 27.8 Å². The van der Waals surface area contributed by atoms with Gasteiger partial charge in [0.2, 0.25) is 0 Å². The first kappa shape index (κ1) is 8.72. The van der Waals surface area contributed by atoms with Gasteiger partial charge in [-0.3, -0.25) is 9.69 Å². The normalized spacial score (nSPS) is 26.4. The second kappa shape index (κ2) is 2.59. The average Bonchev–Trinajstić information content (AvgIpc) is 1.83. The maximum absolute atomic E-state index is 11.6. The number of likely N-dealkylation sites (N-methyl/N-ethyl adjacent to an activating group) is 1. The third kappa shape index (κ3) is 1.62. The van der Waals surface area contributed by atoms with Crippen LogP contribution in [0.5, 0.6) is 0 Å². The van der Waals surface area contributed by atoms with E-state index in [0.29, 0.717) is 5.78 Å². The van der Waals surface area contributed by atoms with E-state index < -0.39 is 0 Å². The lowest BCUT2D eigenvalue weighted by Gasteiger charge is -2.39. The van der Waals surface area contributed by atoms with Gasteiger partial charge in [-0.25, -0.2) is 0 Å². The Morgan fingerprint density at radius 1 is 1.45 bits per heavy atom. The molecule has 2 heteroatoms. The highest BCUT2D eigenvalue weighted by molar-refractivity contribution is 5.89.